The molecular formula is C21H18O5. The largest absolute Gasteiger partial charge is 0.497 e. The Bertz CT molecular complexity index is 926. The molecule has 1 aliphatic carbocycles. The number of Topliss-reactive ketones (excluding diaryl/α,β-unsaturated/α-hetero) is 1. The number of carbonyl (C=O) groups excluding carboxylic acids is 1. The van der Waals surface area contributed by atoms with Gasteiger partial charge in [0.05, 0.1) is 7.11 Å². The fourth-order valence-corrected chi connectivity index (χ4v) is 3.95. The molecule has 5 nitrogen and oxygen atoms in total. The topological polar surface area (TPSA) is 54.0 Å². The first-order valence-electron chi connectivity index (χ1n) is 8.76. The number of ketones is 1. The van der Waals surface area contributed by atoms with Gasteiger partial charge < -0.3 is 18.9 Å². The summed E-state index contributed by atoms with van der Waals surface area (Å²) >= 11 is 0. The van der Waals surface area contributed by atoms with E-state index in [1.165, 1.54) is 0 Å². The van der Waals surface area contributed by atoms with Crippen LogP contribution in [-0.2, 0) is 4.79 Å². The lowest BCUT2D eigenvalue weighted by Crippen LogP contribution is -2.25. The zero-order chi connectivity index (χ0) is 17.7. The van der Waals surface area contributed by atoms with Crippen LogP contribution in [0.4, 0.5) is 0 Å². The molecule has 2 heterocycles. The molecule has 0 radical (unpaired) electrons. The van der Waals surface area contributed by atoms with Crippen molar-refractivity contribution in [2.24, 2.45) is 0 Å². The highest BCUT2D eigenvalue weighted by Crippen LogP contribution is 2.50. The molecule has 3 aliphatic rings. The second-order valence-corrected chi connectivity index (χ2v) is 6.67. The maximum absolute atomic E-state index is 12.8. The Morgan fingerprint density at radius 3 is 2.54 bits per heavy atom. The fraction of sp³-hybridized carbons (Fsp3) is 0.286. The highest BCUT2D eigenvalue weighted by atomic mass is 16.7. The lowest BCUT2D eigenvalue weighted by Gasteiger charge is -2.33. The summed E-state index contributed by atoms with van der Waals surface area (Å²) in [5.74, 6) is 3.69. The average molecular weight is 350 g/mol. The van der Waals surface area contributed by atoms with E-state index in [0.29, 0.717) is 17.9 Å². The van der Waals surface area contributed by atoms with Gasteiger partial charge in [-0.15, -0.1) is 0 Å². The standard InChI is InChI=1S/C21H18O5/c1-23-13-7-5-12(6-8-13)20-14-9-18-19(25-11-24-18)10-17(14)26-16-4-2-3-15(22)21(16)20/h5-10,20H,2-4,11H2,1H3. The molecule has 0 saturated heterocycles. The normalized spacial score (nSPS) is 20.3. The van der Waals surface area contributed by atoms with Crippen LogP contribution < -0.4 is 18.9 Å². The summed E-state index contributed by atoms with van der Waals surface area (Å²) in [6.07, 6.45) is 2.17. The number of carbonyl (C=O) groups is 1. The molecule has 2 aromatic rings. The summed E-state index contributed by atoms with van der Waals surface area (Å²) in [7, 11) is 1.64. The van der Waals surface area contributed by atoms with Crippen LogP contribution in [0.1, 0.15) is 36.3 Å². The molecule has 2 aromatic carbocycles. The zero-order valence-corrected chi connectivity index (χ0v) is 14.4. The Hall–Kier alpha value is -2.95. The van der Waals surface area contributed by atoms with Crippen LogP contribution in [0.3, 0.4) is 0 Å². The van der Waals surface area contributed by atoms with Gasteiger partial charge in [0.2, 0.25) is 6.79 Å². The molecule has 0 spiro atoms. The third-order valence-corrected chi connectivity index (χ3v) is 5.20. The highest BCUT2D eigenvalue weighted by Gasteiger charge is 2.38. The Morgan fingerprint density at radius 2 is 1.77 bits per heavy atom. The zero-order valence-electron chi connectivity index (χ0n) is 14.4. The van der Waals surface area contributed by atoms with Crippen LogP contribution >= 0.6 is 0 Å². The van der Waals surface area contributed by atoms with Gasteiger partial charge in [0.15, 0.2) is 17.3 Å². The van der Waals surface area contributed by atoms with E-state index in [1.807, 2.05) is 36.4 Å². The van der Waals surface area contributed by atoms with Crippen LogP contribution in [0.5, 0.6) is 23.0 Å². The van der Waals surface area contributed by atoms with E-state index in [2.05, 4.69) is 0 Å². The molecule has 5 heteroatoms. The monoisotopic (exact) mass is 350 g/mol. The molecule has 0 aromatic heterocycles. The summed E-state index contributed by atoms with van der Waals surface area (Å²) in [5, 5.41) is 0. The summed E-state index contributed by atoms with van der Waals surface area (Å²) in [5.41, 5.74) is 2.75. The Balaban J connectivity index is 1.70. The molecule has 1 atom stereocenters. The molecule has 0 amide bonds. The minimum absolute atomic E-state index is 0.162. The van der Waals surface area contributed by atoms with Gasteiger partial charge in [-0.1, -0.05) is 12.1 Å². The van der Waals surface area contributed by atoms with E-state index in [9.17, 15) is 4.79 Å². The third-order valence-electron chi connectivity index (χ3n) is 5.20. The van der Waals surface area contributed by atoms with Crippen LogP contribution in [0.25, 0.3) is 0 Å². The number of fused-ring (bicyclic) bond motifs is 2. The van der Waals surface area contributed by atoms with E-state index >= 15 is 0 Å². The lowest BCUT2D eigenvalue weighted by atomic mass is 9.77. The molecule has 0 saturated carbocycles. The van der Waals surface area contributed by atoms with E-state index in [0.717, 1.165) is 46.8 Å². The first kappa shape index (κ1) is 15.3. The first-order valence-corrected chi connectivity index (χ1v) is 8.76. The van der Waals surface area contributed by atoms with Gasteiger partial charge in [0.1, 0.15) is 17.3 Å². The molecule has 0 N–H and O–H groups in total. The summed E-state index contributed by atoms with van der Waals surface area (Å²) in [4.78, 5) is 12.8. The van der Waals surface area contributed by atoms with Crippen LogP contribution in [0, 0.1) is 0 Å². The molecule has 0 fully saturated rings. The molecule has 26 heavy (non-hydrogen) atoms. The minimum atomic E-state index is -0.165. The maximum atomic E-state index is 12.8. The van der Waals surface area contributed by atoms with Crippen molar-refractivity contribution in [1.82, 2.24) is 0 Å². The Morgan fingerprint density at radius 1 is 1.00 bits per heavy atom. The van der Waals surface area contributed by atoms with Crippen molar-refractivity contribution in [3.05, 3.63) is 58.9 Å². The number of ether oxygens (including phenoxy) is 4. The van der Waals surface area contributed by atoms with Crippen molar-refractivity contribution in [2.75, 3.05) is 13.9 Å². The second kappa shape index (κ2) is 5.80. The van der Waals surface area contributed by atoms with Gasteiger partial charge in [-0.25, -0.2) is 0 Å². The van der Waals surface area contributed by atoms with E-state index < -0.39 is 0 Å². The van der Waals surface area contributed by atoms with Crippen molar-refractivity contribution >= 4 is 5.78 Å². The molecule has 132 valence electrons. The summed E-state index contributed by atoms with van der Waals surface area (Å²) in [6.45, 7) is 0.206. The lowest BCUT2D eigenvalue weighted by molar-refractivity contribution is -0.116. The first-order chi connectivity index (χ1) is 12.7. The fourth-order valence-electron chi connectivity index (χ4n) is 3.95. The molecule has 1 unspecified atom stereocenters. The van der Waals surface area contributed by atoms with Crippen molar-refractivity contribution in [3.8, 4) is 23.0 Å². The van der Waals surface area contributed by atoms with Crippen molar-refractivity contribution in [3.63, 3.8) is 0 Å². The van der Waals surface area contributed by atoms with Gasteiger partial charge in [-0.3, -0.25) is 4.79 Å². The number of benzene rings is 2. The van der Waals surface area contributed by atoms with E-state index in [1.54, 1.807) is 7.11 Å². The quantitative estimate of drug-likeness (QED) is 0.821. The van der Waals surface area contributed by atoms with Crippen molar-refractivity contribution in [2.45, 2.75) is 25.2 Å². The number of hydrogen-bond acceptors (Lipinski definition) is 5. The van der Waals surface area contributed by atoms with Crippen molar-refractivity contribution < 1.29 is 23.7 Å². The minimum Gasteiger partial charge on any atom is -0.497 e. The van der Waals surface area contributed by atoms with Gasteiger partial charge in [0.25, 0.3) is 0 Å². The number of hydrogen-bond donors (Lipinski definition) is 0. The Kier molecular flexibility index (Phi) is 3.42. The summed E-state index contributed by atoms with van der Waals surface area (Å²) in [6, 6.07) is 11.7. The van der Waals surface area contributed by atoms with Crippen LogP contribution in [-0.4, -0.2) is 19.7 Å². The van der Waals surface area contributed by atoms with E-state index in [-0.39, 0.29) is 18.5 Å². The SMILES string of the molecule is COc1ccc(C2C3=C(CCCC3=O)Oc3cc4c(cc32)OCO4)cc1. The van der Waals surface area contributed by atoms with Gasteiger partial charge >= 0.3 is 0 Å². The molecule has 2 aliphatic heterocycles. The molecule has 5 rings (SSSR count). The maximum Gasteiger partial charge on any atom is 0.231 e. The van der Waals surface area contributed by atoms with Gasteiger partial charge in [-0.05, 0) is 30.2 Å². The second-order valence-electron chi connectivity index (χ2n) is 6.67. The molecular weight excluding hydrogens is 332 g/mol. The number of allylic oxidation sites excluding steroid dienone is 2. The molecule has 0 bridgehead atoms. The Labute approximate surface area is 151 Å². The van der Waals surface area contributed by atoms with Gasteiger partial charge in [-0.2, -0.15) is 0 Å². The average Bonchev–Trinajstić information content (AvgIpc) is 3.12. The van der Waals surface area contributed by atoms with Crippen molar-refractivity contribution in [1.29, 1.82) is 0 Å². The highest BCUT2D eigenvalue weighted by molar-refractivity contribution is 5.99. The summed E-state index contributed by atoms with van der Waals surface area (Å²) < 4.78 is 22.4. The smallest absolute Gasteiger partial charge is 0.231 e. The van der Waals surface area contributed by atoms with Gasteiger partial charge in [0, 0.05) is 36.0 Å². The van der Waals surface area contributed by atoms with Crippen LogP contribution in [0.15, 0.2) is 47.7 Å². The predicted octanol–water partition coefficient (Wildman–Crippen LogP) is 3.96. The van der Waals surface area contributed by atoms with Crippen LogP contribution in [0.2, 0.25) is 0 Å². The number of rotatable bonds is 2. The van der Waals surface area contributed by atoms with E-state index in [4.69, 9.17) is 18.9 Å². The predicted molar refractivity (Wildman–Crippen MR) is 93.9 cm³/mol. The number of methoxy groups -OCH3 is 1. The third kappa shape index (κ3) is 2.27.